The van der Waals surface area contributed by atoms with E-state index in [0.717, 1.165) is 22.4 Å². The molecule has 2 amide bonds. The summed E-state index contributed by atoms with van der Waals surface area (Å²) < 4.78 is 0. The van der Waals surface area contributed by atoms with Crippen LogP contribution in [0.15, 0.2) is 24.3 Å². The van der Waals surface area contributed by atoms with Crippen molar-refractivity contribution in [3.8, 4) is 10.4 Å². The van der Waals surface area contributed by atoms with Gasteiger partial charge in [0.25, 0.3) is 5.91 Å². The van der Waals surface area contributed by atoms with Crippen molar-refractivity contribution < 1.29 is 9.59 Å². The molecule has 4 nitrogen and oxygen atoms in total. The minimum absolute atomic E-state index is 0.195. The van der Waals surface area contributed by atoms with Crippen molar-refractivity contribution in [2.24, 2.45) is 11.7 Å². The average molecular weight is 328 g/mol. The number of rotatable bonds is 3. The molecule has 5 heteroatoms. The minimum Gasteiger partial charge on any atom is -0.365 e. The van der Waals surface area contributed by atoms with Crippen LogP contribution in [-0.4, -0.2) is 11.8 Å². The molecular formula is C18H20N2O2S. The van der Waals surface area contributed by atoms with E-state index in [4.69, 9.17) is 5.73 Å². The van der Waals surface area contributed by atoms with Gasteiger partial charge in [-0.25, -0.2) is 0 Å². The lowest BCUT2D eigenvalue weighted by molar-refractivity contribution is -0.114. The predicted molar refractivity (Wildman–Crippen MR) is 93.9 cm³/mol. The third kappa shape index (κ3) is 2.65. The Bertz CT molecular complexity index is 792. The molecule has 1 unspecified atom stereocenters. The molecule has 0 fully saturated rings. The van der Waals surface area contributed by atoms with Crippen LogP contribution in [0.1, 0.15) is 48.2 Å². The van der Waals surface area contributed by atoms with E-state index in [9.17, 15) is 9.59 Å². The number of fused-ring (bicyclic) bond motifs is 3. The SMILES string of the molecule is CC(=O)Nc1sc2c(c1C(N)=O)CC(C(C)C)c1ccccc1-2. The fraction of sp³-hybridized carbons (Fsp3) is 0.333. The number of hydrogen-bond acceptors (Lipinski definition) is 3. The molecule has 1 aromatic carbocycles. The molecule has 0 spiro atoms. The summed E-state index contributed by atoms with van der Waals surface area (Å²) in [5, 5.41) is 3.33. The van der Waals surface area contributed by atoms with E-state index in [1.165, 1.54) is 23.8 Å². The highest BCUT2D eigenvalue weighted by molar-refractivity contribution is 7.20. The van der Waals surface area contributed by atoms with Gasteiger partial charge in [0, 0.05) is 11.8 Å². The van der Waals surface area contributed by atoms with Crippen LogP contribution in [0, 0.1) is 5.92 Å². The zero-order chi connectivity index (χ0) is 16.7. The van der Waals surface area contributed by atoms with Crippen molar-refractivity contribution in [1.82, 2.24) is 0 Å². The highest BCUT2D eigenvalue weighted by atomic mass is 32.1. The predicted octanol–water partition coefficient (Wildman–Crippen LogP) is 3.77. The highest BCUT2D eigenvalue weighted by Gasteiger charge is 2.33. The van der Waals surface area contributed by atoms with Crippen LogP contribution in [0.2, 0.25) is 0 Å². The van der Waals surface area contributed by atoms with Crippen molar-refractivity contribution in [1.29, 1.82) is 0 Å². The van der Waals surface area contributed by atoms with E-state index in [1.807, 2.05) is 6.07 Å². The van der Waals surface area contributed by atoms with Crippen LogP contribution in [0.3, 0.4) is 0 Å². The van der Waals surface area contributed by atoms with Crippen LogP contribution in [0.25, 0.3) is 10.4 Å². The van der Waals surface area contributed by atoms with Crippen molar-refractivity contribution in [3.63, 3.8) is 0 Å². The molecule has 0 radical (unpaired) electrons. The minimum atomic E-state index is -0.479. The number of primary amides is 1. The van der Waals surface area contributed by atoms with Gasteiger partial charge in [-0.15, -0.1) is 11.3 Å². The third-order valence-corrected chi connectivity index (χ3v) is 5.56. The highest BCUT2D eigenvalue weighted by Crippen LogP contribution is 2.49. The zero-order valence-corrected chi connectivity index (χ0v) is 14.3. The molecule has 1 aromatic heterocycles. The molecule has 0 saturated heterocycles. The molecule has 1 aliphatic rings. The summed E-state index contributed by atoms with van der Waals surface area (Å²) in [5.74, 6) is 0.124. The maximum Gasteiger partial charge on any atom is 0.252 e. The summed E-state index contributed by atoms with van der Waals surface area (Å²) in [7, 11) is 0. The topological polar surface area (TPSA) is 72.2 Å². The number of hydrogen-bond donors (Lipinski definition) is 2. The standard InChI is InChI=1S/C18H20N2O2S/c1-9(2)13-8-14-15(17(19)22)18(20-10(3)21)23-16(14)12-7-5-4-6-11(12)13/h4-7,9,13H,8H2,1-3H3,(H2,19,22)(H,20,21). The summed E-state index contributed by atoms with van der Waals surface area (Å²) in [5.41, 5.74) is 9.52. The van der Waals surface area contributed by atoms with Gasteiger partial charge in [0.15, 0.2) is 0 Å². The Morgan fingerprint density at radius 1 is 1.30 bits per heavy atom. The number of carbonyl (C=O) groups is 2. The maximum atomic E-state index is 12.0. The summed E-state index contributed by atoms with van der Waals surface area (Å²) in [6.45, 7) is 5.82. The second-order valence-electron chi connectivity index (χ2n) is 6.30. The fourth-order valence-electron chi connectivity index (χ4n) is 3.34. The van der Waals surface area contributed by atoms with Crippen LogP contribution >= 0.6 is 11.3 Å². The number of benzene rings is 1. The van der Waals surface area contributed by atoms with Gasteiger partial charge in [-0.2, -0.15) is 0 Å². The first-order valence-corrected chi connectivity index (χ1v) is 8.54. The van der Waals surface area contributed by atoms with E-state index < -0.39 is 5.91 Å². The van der Waals surface area contributed by atoms with Gasteiger partial charge in [0.05, 0.1) is 5.56 Å². The second-order valence-corrected chi connectivity index (χ2v) is 7.32. The smallest absolute Gasteiger partial charge is 0.252 e. The molecular weight excluding hydrogens is 308 g/mol. The maximum absolute atomic E-state index is 12.0. The van der Waals surface area contributed by atoms with Gasteiger partial charge in [-0.05, 0) is 34.9 Å². The molecule has 1 aliphatic carbocycles. The van der Waals surface area contributed by atoms with Crippen LogP contribution in [0.5, 0.6) is 0 Å². The molecule has 0 aliphatic heterocycles. The van der Waals surface area contributed by atoms with Gasteiger partial charge in [-0.3, -0.25) is 9.59 Å². The molecule has 3 N–H and O–H groups in total. The van der Waals surface area contributed by atoms with Crippen molar-refractivity contribution in [2.45, 2.75) is 33.1 Å². The van der Waals surface area contributed by atoms with Crippen molar-refractivity contribution in [2.75, 3.05) is 5.32 Å². The fourth-order valence-corrected chi connectivity index (χ4v) is 4.67. The number of anilines is 1. The third-order valence-electron chi connectivity index (χ3n) is 4.38. The first-order chi connectivity index (χ1) is 10.9. The van der Waals surface area contributed by atoms with Gasteiger partial charge in [0.2, 0.25) is 5.91 Å². The van der Waals surface area contributed by atoms with Crippen LogP contribution < -0.4 is 11.1 Å². The Hall–Kier alpha value is -2.14. The number of amides is 2. The van der Waals surface area contributed by atoms with Gasteiger partial charge >= 0.3 is 0 Å². The summed E-state index contributed by atoms with van der Waals surface area (Å²) in [6, 6.07) is 8.30. The quantitative estimate of drug-likeness (QED) is 0.900. The lowest BCUT2D eigenvalue weighted by atomic mass is 9.76. The van der Waals surface area contributed by atoms with Gasteiger partial charge < -0.3 is 11.1 Å². The van der Waals surface area contributed by atoms with Crippen molar-refractivity contribution in [3.05, 3.63) is 41.0 Å². The lowest BCUT2D eigenvalue weighted by Crippen LogP contribution is -2.20. The normalized spacial score (nSPS) is 15.9. The first-order valence-electron chi connectivity index (χ1n) is 7.72. The van der Waals surface area contributed by atoms with E-state index >= 15 is 0 Å². The van der Waals surface area contributed by atoms with E-state index in [-0.39, 0.29) is 5.91 Å². The first kappa shape index (κ1) is 15.7. The Morgan fingerprint density at radius 3 is 2.61 bits per heavy atom. The molecule has 2 aromatic rings. The van der Waals surface area contributed by atoms with Crippen LogP contribution in [0.4, 0.5) is 5.00 Å². The van der Waals surface area contributed by atoms with E-state index in [2.05, 4.69) is 37.4 Å². The zero-order valence-electron chi connectivity index (χ0n) is 13.5. The molecule has 1 atom stereocenters. The monoisotopic (exact) mass is 328 g/mol. The Kier molecular flexibility index (Phi) is 3.98. The number of nitrogens with two attached hydrogens (primary N) is 1. The van der Waals surface area contributed by atoms with E-state index in [0.29, 0.717) is 22.4 Å². The lowest BCUT2D eigenvalue weighted by Gasteiger charge is -2.29. The summed E-state index contributed by atoms with van der Waals surface area (Å²) >= 11 is 1.44. The molecule has 0 bridgehead atoms. The van der Waals surface area contributed by atoms with Crippen molar-refractivity contribution >= 4 is 28.2 Å². The molecule has 0 saturated carbocycles. The number of thiophene rings is 1. The average Bonchev–Trinajstić information content (AvgIpc) is 2.83. The Labute approximate surface area is 139 Å². The number of carbonyl (C=O) groups excluding carboxylic acids is 2. The summed E-state index contributed by atoms with van der Waals surface area (Å²) in [6.07, 6.45) is 0.776. The molecule has 23 heavy (non-hydrogen) atoms. The number of nitrogens with one attached hydrogen (secondary N) is 1. The van der Waals surface area contributed by atoms with E-state index in [1.54, 1.807) is 0 Å². The van der Waals surface area contributed by atoms with Gasteiger partial charge in [0.1, 0.15) is 5.00 Å². The second kappa shape index (κ2) is 5.81. The molecule has 1 heterocycles. The molecule has 3 rings (SSSR count). The Morgan fingerprint density at radius 2 is 2.00 bits per heavy atom. The molecule has 120 valence electrons. The van der Waals surface area contributed by atoms with Crippen LogP contribution in [-0.2, 0) is 11.2 Å². The summed E-state index contributed by atoms with van der Waals surface area (Å²) in [4.78, 5) is 24.5. The Balaban J connectivity index is 2.24. The van der Waals surface area contributed by atoms with Gasteiger partial charge in [-0.1, -0.05) is 38.1 Å². The largest absolute Gasteiger partial charge is 0.365 e.